The molecule has 0 unspecified atom stereocenters. The van der Waals surface area contributed by atoms with Crippen LogP contribution in [-0.2, 0) is 20.4 Å². The molecule has 7 heteroatoms. The third-order valence-electron chi connectivity index (χ3n) is 7.92. The molecule has 0 atom stereocenters. The maximum absolute atomic E-state index is 4.77. The number of anilines is 3. The van der Waals surface area contributed by atoms with Gasteiger partial charge in [0.2, 0.25) is 0 Å². The summed E-state index contributed by atoms with van der Waals surface area (Å²) in [5.74, 6) is 0. The van der Waals surface area contributed by atoms with E-state index < -0.39 is 0 Å². The Morgan fingerprint density at radius 1 is 0.725 bits per heavy atom. The zero-order valence-electron chi connectivity index (χ0n) is 22.4. The summed E-state index contributed by atoms with van der Waals surface area (Å²) in [5, 5.41) is 4.77. The first kappa shape index (κ1) is 25.0. The van der Waals surface area contributed by atoms with Crippen molar-refractivity contribution in [1.29, 1.82) is 0 Å². The van der Waals surface area contributed by atoms with Crippen LogP contribution in [0.25, 0.3) is 27.9 Å². The van der Waals surface area contributed by atoms with E-state index in [1.807, 2.05) is 18.7 Å². The molecule has 0 aliphatic carbocycles. The summed E-state index contributed by atoms with van der Waals surface area (Å²) in [6.07, 6.45) is 4.12. The van der Waals surface area contributed by atoms with Crippen molar-refractivity contribution in [1.82, 2.24) is 14.7 Å². The monoisotopic (exact) mass is 608 g/mol. The van der Waals surface area contributed by atoms with Gasteiger partial charge in [0.15, 0.2) is 0 Å². The molecule has 0 bridgehead atoms. The van der Waals surface area contributed by atoms with E-state index in [-0.39, 0.29) is 27.3 Å². The van der Waals surface area contributed by atoms with Crippen LogP contribution in [-0.4, -0.2) is 28.6 Å². The summed E-state index contributed by atoms with van der Waals surface area (Å²) in [7, 11) is 2.04. The van der Waals surface area contributed by atoms with Crippen molar-refractivity contribution >= 4 is 34.8 Å². The van der Waals surface area contributed by atoms with Crippen molar-refractivity contribution in [2.75, 3.05) is 16.8 Å². The Morgan fingerprint density at radius 3 is 1.90 bits per heavy atom. The smallest absolute Gasteiger partial charge is 0.278 e. The predicted octanol–water partition coefficient (Wildman–Crippen LogP) is 5.33. The van der Waals surface area contributed by atoms with Gasteiger partial charge in [-0.2, -0.15) is 47.0 Å². The molecular weight excluding hydrogens is 584 g/mol. The first-order valence-corrected chi connectivity index (χ1v) is 13.2. The number of benzene rings is 4. The molecule has 0 N–H and O–H groups in total. The second-order valence-corrected chi connectivity index (χ2v) is 10.5. The van der Waals surface area contributed by atoms with Crippen molar-refractivity contribution in [2.45, 2.75) is 13.8 Å². The van der Waals surface area contributed by atoms with Gasteiger partial charge in [0.1, 0.15) is 0 Å². The fourth-order valence-corrected chi connectivity index (χ4v) is 6.27. The quantitative estimate of drug-likeness (QED) is 0.200. The van der Waals surface area contributed by atoms with E-state index in [1.54, 1.807) is 0 Å². The van der Waals surface area contributed by atoms with E-state index in [2.05, 4.69) is 132 Å². The minimum atomic E-state index is -0.0824. The molecule has 0 saturated heterocycles. The second kappa shape index (κ2) is 9.27. The summed E-state index contributed by atoms with van der Waals surface area (Å²) in [4.78, 5) is 6.65. The molecule has 8 rings (SSSR count). The normalized spacial score (nSPS) is 14.3. The Kier molecular flexibility index (Phi) is 5.78. The van der Waals surface area contributed by atoms with E-state index in [9.17, 15) is 0 Å². The molecular formula is C33H25BN5Pd-3. The van der Waals surface area contributed by atoms with E-state index >= 15 is 0 Å². The fourth-order valence-electron chi connectivity index (χ4n) is 6.27. The molecule has 3 aliphatic heterocycles. The maximum Gasteiger partial charge on any atom is 0.278 e. The van der Waals surface area contributed by atoms with E-state index in [0.29, 0.717) is 0 Å². The first-order valence-electron chi connectivity index (χ1n) is 13.2. The largest absolute Gasteiger partial charge is 0.510 e. The molecule has 198 valence electrons. The maximum atomic E-state index is 4.77. The van der Waals surface area contributed by atoms with Crippen molar-refractivity contribution in [2.24, 2.45) is 0 Å². The molecule has 0 spiro atoms. The molecule has 4 heterocycles. The molecule has 1 aromatic heterocycles. The van der Waals surface area contributed by atoms with Crippen molar-refractivity contribution in [3.63, 3.8) is 0 Å². The number of aryl methyl sites for hydroxylation is 2. The van der Waals surface area contributed by atoms with Crippen LogP contribution < -0.4 is 20.6 Å². The van der Waals surface area contributed by atoms with Gasteiger partial charge in [0.05, 0.1) is 5.69 Å². The van der Waals surface area contributed by atoms with E-state index in [4.69, 9.17) is 5.10 Å². The number of hydrogen-bond donors (Lipinski definition) is 0. The van der Waals surface area contributed by atoms with Gasteiger partial charge >= 0.3 is 0 Å². The number of hydrogen-bond acceptors (Lipinski definition) is 4. The molecule has 0 radical (unpaired) electrons. The fraction of sp³-hybridized carbons (Fsp3) is 0.0909. The van der Waals surface area contributed by atoms with Crippen LogP contribution in [0.1, 0.15) is 11.4 Å². The zero-order valence-corrected chi connectivity index (χ0v) is 23.9. The van der Waals surface area contributed by atoms with Crippen LogP contribution >= 0.6 is 0 Å². The van der Waals surface area contributed by atoms with Crippen LogP contribution in [0.4, 0.5) is 17.1 Å². The number of aromatic nitrogens is 2. The van der Waals surface area contributed by atoms with Gasteiger partial charge in [-0.05, 0) is 57.2 Å². The Balaban J connectivity index is 0.00000264. The van der Waals surface area contributed by atoms with Gasteiger partial charge in [0, 0.05) is 37.5 Å². The van der Waals surface area contributed by atoms with Gasteiger partial charge in [-0.25, -0.2) is 0 Å². The average Bonchev–Trinajstić information content (AvgIpc) is 3.56. The molecule has 3 aliphatic rings. The van der Waals surface area contributed by atoms with Crippen LogP contribution in [0, 0.1) is 32.6 Å². The van der Waals surface area contributed by atoms with Crippen LogP contribution in [0.2, 0.25) is 0 Å². The Hall–Kier alpha value is -4.04. The van der Waals surface area contributed by atoms with Crippen molar-refractivity contribution in [3.05, 3.63) is 121 Å². The van der Waals surface area contributed by atoms with Crippen molar-refractivity contribution in [3.8, 4) is 27.9 Å². The van der Waals surface area contributed by atoms with E-state index in [1.165, 1.54) is 33.6 Å². The Morgan fingerprint density at radius 2 is 1.32 bits per heavy atom. The molecule has 5 aromatic rings. The van der Waals surface area contributed by atoms with Crippen LogP contribution in [0.3, 0.4) is 0 Å². The molecule has 0 saturated carbocycles. The van der Waals surface area contributed by atoms with Gasteiger partial charge in [-0.15, -0.1) is 28.9 Å². The molecule has 40 heavy (non-hydrogen) atoms. The second-order valence-electron chi connectivity index (χ2n) is 10.5. The average molecular weight is 609 g/mol. The Bertz CT molecular complexity index is 1830. The molecule has 5 nitrogen and oxygen atoms in total. The van der Waals surface area contributed by atoms with Crippen LogP contribution in [0.15, 0.2) is 91.3 Å². The van der Waals surface area contributed by atoms with E-state index in [0.717, 1.165) is 33.7 Å². The molecule has 0 amide bonds. The summed E-state index contributed by atoms with van der Waals surface area (Å²) in [6, 6.07) is 36.0. The minimum Gasteiger partial charge on any atom is -0.510 e. The number of fused-ring (bicyclic) bond motifs is 11. The van der Waals surface area contributed by atoms with Gasteiger partial charge in [-0.3, -0.25) is 4.68 Å². The van der Waals surface area contributed by atoms with Gasteiger partial charge < -0.3 is 14.6 Å². The summed E-state index contributed by atoms with van der Waals surface area (Å²) >= 11 is 0. The van der Waals surface area contributed by atoms with Crippen molar-refractivity contribution < 1.29 is 20.4 Å². The standard InChI is InChI=1S/C33H25BN5.Pd/c1-22-18-23(2)39(35-22)25-13-15-27-29-9-5-7-11-33(29)38-32-10-6-4-8-28(32)26-14-12-24(37-17-16-36(3)21-37)19-30(26)34(38)31(27)20-25;/h4-18,21H,1-3H3;/q-3;. The third-order valence-corrected chi connectivity index (χ3v) is 7.92. The number of para-hydroxylation sites is 2. The number of nitrogens with zero attached hydrogens (tertiary/aromatic N) is 5. The minimum absolute atomic E-state index is 0. The Labute approximate surface area is 249 Å². The molecule has 0 fully saturated rings. The topological polar surface area (TPSA) is 27.5 Å². The summed E-state index contributed by atoms with van der Waals surface area (Å²) < 4.78 is 2.00. The van der Waals surface area contributed by atoms with Gasteiger partial charge in [0.25, 0.3) is 6.85 Å². The first-order chi connectivity index (χ1) is 19.1. The predicted molar refractivity (Wildman–Crippen MR) is 159 cm³/mol. The van der Waals surface area contributed by atoms with Crippen LogP contribution in [0.5, 0.6) is 0 Å². The third kappa shape index (κ3) is 3.62. The molecule has 4 aromatic carbocycles. The number of rotatable bonds is 2. The van der Waals surface area contributed by atoms with Gasteiger partial charge in [-0.1, -0.05) is 47.5 Å². The summed E-state index contributed by atoms with van der Waals surface area (Å²) in [6.45, 7) is 6.12. The zero-order chi connectivity index (χ0) is 26.2. The summed E-state index contributed by atoms with van der Waals surface area (Å²) in [5.41, 5.74) is 13.6. The SMILES string of the molecule is Cc1cc(C)n(-c2[c-]c3c(cc2)-c2ccccc2N2B3c3[c-]c(N4C=CN(C)[CH-]4)ccc3-c3ccccc32)n1.[Pd].